The van der Waals surface area contributed by atoms with Crippen molar-refractivity contribution in [2.24, 2.45) is 0 Å². The lowest BCUT2D eigenvalue weighted by atomic mass is 10.0. The summed E-state index contributed by atoms with van der Waals surface area (Å²) in [6.07, 6.45) is 1.31. The first-order valence-electron chi connectivity index (χ1n) is 7.68. The summed E-state index contributed by atoms with van der Waals surface area (Å²) in [5.41, 5.74) is 2.20. The number of benzene rings is 1. The quantitative estimate of drug-likeness (QED) is 0.741. The number of ketones is 1. The second-order valence-corrected chi connectivity index (χ2v) is 5.18. The highest BCUT2D eigenvalue weighted by molar-refractivity contribution is 6.05. The number of carbonyl (C=O) groups is 2. The Morgan fingerprint density at radius 1 is 1.14 bits per heavy atom. The van der Waals surface area contributed by atoms with Gasteiger partial charge in [-0.2, -0.15) is 0 Å². The summed E-state index contributed by atoms with van der Waals surface area (Å²) < 4.78 is 0. The number of Topliss-reactive ketones (excluding diaryl/α,β-unsaturated/α-hetero) is 1. The molecule has 5 heteroatoms. The Morgan fingerprint density at radius 2 is 1.77 bits per heavy atom. The van der Waals surface area contributed by atoms with Crippen molar-refractivity contribution < 1.29 is 9.59 Å². The monoisotopic (exact) mass is 326 g/mol. The molecule has 0 aromatic heterocycles. The zero-order valence-electron chi connectivity index (χ0n) is 13.9. The number of rotatable bonds is 8. The van der Waals surface area contributed by atoms with Gasteiger partial charge in [0.25, 0.3) is 0 Å². The number of aryl methyl sites for hydroxylation is 1. The van der Waals surface area contributed by atoms with Crippen LogP contribution < -0.4 is 5.32 Å². The van der Waals surface area contributed by atoms with E-state index in [0.717, 1.165) is 25.1 Å². The molecule has 1 rings (SSSR count). The number of nitrogens with one attached hydrogen (secondary N) is 1. The van der Waals surface area contributed by atoms with Crippen molar-refractivity contribution in [2.75, 3.05) is 25.0 Å². The Morgan fingerprint density at radius 3 is 2.32 bits per heavy atom. The van der Waals surface area contributed by atoms with Gasteiger partial charge in [0.1, 0.15) is 0 Å². The molecular weight excluding hydrogens is 300 g/mol. The van der Waals surface area contributed by atoms with Gasteiger partial charge in [-0.15, -0.1) is 12.4 Å². The Bertz CT molecular complexity index is 499. The van der Waals surface area contributed by atoms with Crippen molar-refractivity contribution in [3.05, 3.63) is 29.3 Å². The first kappa shape index (κ1) is 20.6. The molecule has 0 heterocycles. The summed E-state index contributed by atoms with van der Waals surface area (Å²) in [5, 5.41) is 2.92. The molecule has 22 heavy (non-hydrogen) atoms. The Balaban J connectivity index is 0.00000441. The van der Waals surface area contributed by atoms with E-state index >= 15 is 0 Å². The van der Waals surface area contributed by atoms with Crippen molar-refractivity contribution in [3.63, 3.8) is 0 Å². The normalized spacial score (nSPS) is 10.2. The fourth-order valence-electron chi connectivity index (χ4n) is 2.26. The Labute approximate surface area is 139 Å². The van der Waals surface area contributed by atoms with Crippen molar-refractivity contribution in [3.8, 4) is 0 Å². The fourth-order valence-corrected chi connectivity index (χ4v) is 2.26. The molecule has 1 amide bonds. The highest BCUT2D eigenvalue weighted by Crippen LogP contribution is 2.22. The van der Waals surface area contributed by atoms with Gasteiger partial charge in [0.15, 0.2) is 5.78 Å². The molecule has 0 spiro atoms. The number of hydrogen-bond acceptors (Lipinski definition) is 3. The predicted molar refractivity (Wildman–Crippen MR) is 94.1 cm³/mol. The number of carbonyl (C=O) groups excluding carboxylic acids is 2. The molecule has 0 aliphatic carbocycles. The second-order valence-electron chi connectivity index (χ2n) is 5.18. The molecule has 1 aromatic rings. The number of likely N-dealkylation sites (N-methyl/N-ethyl adjacent to an activating group) is 1. The molecule has 4 nitrogen and oxygen atoms in total. The zero-order valence-corrected chi connectivity index (χ0v) is 14.8. The second kappa shape index (κ2) is 10.4. The number of para-hydroxylation sites is 1. The van der Waals surface area contributed by atoms with E-state index in [0.29, 0.717) is 24.2 Å². The van der Waals surface area contributed by atoms with Crippen molar-refractivity contribution in [1.29, 1.82) is 0 Å². The summed E-state index contributed by atoms with van der Waals surface area (Å²) in [6.45, 7) is 9.96. The van der Waals surface area contributed by atoms with Gasteiger partial charge in [-0.3, -0.25) is 14.5 Å². The van der Waals surface area contributed by atoms with E-state index in [4.69, 9.17) is 0 Å². The van der Waals surface area contributed by atoms with E-state index in [1.165, 1.54) is 0 Å². The van der Waals surface area contributed by atoms with E-state index in [1.54, 1.807) is 6.07 Å². The summed E-state index contributed by atoms with van der Waals surface area (Å²) in [7, 11) is 0. The minimum absolute atomic E-state index is 0. The molecule has 0 fully saturated rings. The van der Waals surface area contributed by atoms with Crippen LogP contribution in [0.5, 0.6) is 0 Å². The molecule has 1 N–H and O–H groups in total. The van der Waals surface area contributed by atoms with Gasteiger partial charge in [0.05, 0.1) is 12.2 Å². The first-order chi connectivity index (χ1) is 10.0. The third-order valence-corrected chi connectivity index (χ3v) is 3.58. The molecule has 124 valence electrons. The summed E-state index contributed by atoms with van der Waals surface area (Å²) in [5.74, 6) is 0.0119. The number of hydrogen-bond donors (Lipinski definition) is 1. The minimum Gasteiger partial charge on any atom is -0.324 e. The van der Waals surface area contributed by atoms with Crippen LogP contribution in [-0.4, -0.2) is 36.2 Å². The lowest BCUT2D eigenvalue weighted by molar-refractivity contribution is -0.117. The van der Waals surface area contributed by atoms with E-state index in [2.05, 4.69) is 5.32 Å². The molecule has 0 radical (unpaired) electrons. The lowest BCUT2D eigenvalue weighted by Gasteiger charge is -2.19. The van der Waals surface area contributed by atoms with Gasteiger partial charge < -0.3 is 5.32 Å². The molecule has 0 atom stereocenters. The minimum atomic E-state index is -0.0708. The highest BCUT2D eigenvalue weighted by Gasteiger charge is 2.15. The smallest absolute Gasteiger partial charge is 0.238 e. The van der Waals surface area contributed by atoms with Crippen LogP contribution in [0.4, 0.5) is 5.69 Å². The maximum absolute atomic E-state index is 12.2. The highest BCUT2D eigenvalue weighted by atomic mass is 35.5. The van der Waals surface area contributed by atoms with Crippen LogP contribution in [0.15, 0.2) is 18.2 Å². The van der Waals surface area contributed by atoms with E-state index in [-0.39, 0.29) is 24.1 Å². The number of amides is 1. The van der Waals surface area contributed by atoms with Gasteiger partial charge in [-0.05, 0) is 38.1 Å². The van der Waals surface area contributed by atoms with Gasteiger partial charge in [-0.25, -0.2) is 0 Å². The fraction of sp³-hybridized carbons (Fsp3) is 0.529. The Hall–Kier alpha value is -1.39. The van der Waals surface area contributed by atoms with Crippen LogP contribution in [0.3, 0.4) is 0 Å². The third-order valence-electron chi connectivity index (χ3n) is 3.58. The van der Waals surface area contributed by atoms with Crippen LogP contribution in [0.1, 0.15) is 49.5 Å². The molecule has 0 aliphatic heterocycles. The zero-order chi connectivity index (χ0) is 15.8. The van der Waals surface area contributed by atoms with Crippen molar-refractivity contribution in [2.45, 2.75) is 40.5 Å². The largest absolute Gasteiger partial charge is 0.324 e. The predicted octanol–water partition coefficient (Wildman–Crippen LogP) is 3.68. The molecule has 0 unspecified atom stereocenters. The Kier molecular flexibility index (Phi) is 9.70. The van der Waals surface area contributed by atoms with Gasteiger partial charge in [0, 0.05) is 12.0 Å². The van der Waals surface area contributed by atoms with E-state index in [1.807, 2.05) is 44.7 Å². The van der Waals surface area contributed by atoms with Crippen LogP contribution in [0, 0.1) is 6.92 Å². The number of anilines is 1. The summed E-state index contributed by atoms with van der Waals surface area (Å²) >= 11 is 0. The summed E-state index contributed by atoms with van der Waals surface area (Å²) in [6, 6.07) is 5.56. The van der Waals surface area contributed by atoms with Crippen LogP contribution in [-0.2, 0) is 4.79 Å². The molecule has 0 saturated carbocycles. The SMILES string of the molecule is CCCC(=O)c1cccc(C)c1NC(=O)CN(CC)CC.Cl. The topological polar surface area (TPSA) is 49.4 Å². The van der Waals surface area contributed by atoms with Crippen molar-refractivity contribution in [1.82, 2.24) is 4.90 Å². The number of nitrogens with zero attached hydrogens (tertiary/aromatic N) is 1. The first-order valence-corrected chi connectivity index (χ1v) is 7.68. The standard InChI is InChI=1S/C17H26N2O2.ClH/c1-5-9-15(20)14-11-8-10-13(4)17(14)18-16(21)12-19(6-2)7-3;/h8,10-11H,5-7,9,12H2,1-4H3,(H,18,21);1H. The number of halogens is 1. The van der Waals surface area contributed by atoms with Crippen LogP contribution in [0.25, 0.3) is 0 Å². The molecule has 0 bridgehead atoms. The van der Waals surface area contributed by atoms with E-state index < -0.39 is 0 Å². The van der Waals surface area contributed by atoms with E-state index in [9.17, 15) is 9.59 Å². The third kappa shape index (κ3) is 5.78. The maximum atomic E-state index is 12.2. The van der Waals surface area contributed by atoms with Crippen molar-refractivity contribution >= 4 is 29.8 Å². The molecule has 0 aliphatic rings. The average molecular weight is 327 g/mol. The lowest BCUT2D eigenvalue weighted by Crippen LogP contribution is -2.33. The molecule has 0 saturated heterocycles. The van der Waals surface area contributed by atoms with Crippen LogP contribution in [0.2, 0.25) is 0 Å². The average Bonchev–Trinajstić information content (AvgIpc) is 2.47. The van der Waals surface area contributed by atoms with Gasteiger partial charge in [0.2, 0.25) is 5.91 Å². The van der Waals surface area contributed by atoms with Gasteiger partial charge in [-0.1, -0.05) is 32.9 Å². The molecular formula is C17H27ClN2O2. The van der Waals surface area contributed by atoms with Gasteiger partial charge >= 0.3 is 0 Å². The summed E-state index contributed by atoms with van der Waals surface area (Å²) in [4.78, 5) is 26.4. The maximum Gasteiger partial charge on any atom is 0.238 e. The van der Waals surface area contributed by atoms with Crippen LogP contribution >= 0.6 is 12.4 Å². The molecule has 1 aromatic carbocycles.